The maximum Gasteiger partial charge on any atom is 0.222 e. The highest BCUT2D eigenvalue weighted by Crippen LogP contribution is 2.28. The van der Waals surface area contributed by atoms with Crippen molar-refractivity contribution in [3.8, 4) is 5.75 Å². The van der Waals surface area contributed by atoms with Crippen molar-refractivity contribution in [2.24, 2.45) is 0 Å². The zero-order chi connectivity index (χ0) is 15.4. The number of nitrogens with zero attached hydrogens (tertiary/aromatic N) is 3. The summed E-state index contributed by atoms with van der Waals surface area (Å²) in [6.45, 7) is 4.64. The van der Waals surface area contributed by atoms with Gasteiger partial charge in [0.15, 0.2) is 5.16 Å². The van der Waals surface area contributed by atoms with Crippen LogP contribution >= 0.6 is 39.3 Å². The SMILES string of the molecule is CC(C)n1c(N)nnc1SCCOc1ccc(Cl)cc1Br. The molecule has 8 heteroatoms. The molecule has 0 spiro atoms. The van der Waals surface area contributed by atoms with E-state index in [2.05, 4.69) is 26.1 Å². The molecule has 2 rings (SSSR count). The van der Waals surface area contributed by atoms with Crippen molar-refractivity contribution >= 4 is 45.2 Å². The second-order valence-electron chi connectivity index (χ2n) is 4.58. The van der Waals surface area contributed by atoms with E-state index in [4.69, 9.17) is 22.1 Å². The van der Waals surface area contributed by atoms with Crippen molar-refractivity contribution in [3.63, 3.8) is 0 Å². The van der Waals surface area contributed by atoms with Crippen LogP contribution in [-0.2, 0) is 0 Å². The van der Waals surface area contributed by atoms with E-state index in [-0.39, 0.29) is 6.04 Å². The number of ether oxygens (including phenoxy) is 1. The van der Waals surface area contributed by atoms with Gasteiger partial charge >= 0.3 is 0 Å². The predicted octanol–water partition coefficient (Wildman–Crippen LogP) is 4.03. The van der Waals surface area contributed by atoms with Crippen LogP contribution in [0.4, 0.5) is 5.95 Å². The van der Waals surface area contributed by atoms with Crippen molar-refractivity contribution in [1.29, 1.82) is 0 Å². The molecule has 21 heavy (non-hydrogen) atoms. The summed E-state index contributed by atoms with van der Waals surface area (Å²) in [5.41, 5.74) is 5.80. The number of nitrogen functional groups attached to an aromatic ring is 1. The third-order valence-corrected chi connectivity index (χ3v) is 4.44. The Morgan fingerprint density at radius 2 is 2.19 bits per heavy atom. The van der Waals surface area contributed by atoms with Crippen LogP contribution in [0.15, 0.2) is 27.8 Å². The van der Waals surface area contributed by atoms with E-state index in [0.717, 1.165) is 21.1 Å². The van der Waals surface area contributed by atoms with Crippen molar-refractivity contribution < 1.29 is 4.74 Å². The monoisotopic (exact) mass is 390 g/mol. The predicted molar refractivity (Wildman–Crippen MR) is 90.2 cm³/mol. The summed E-state index contributed by atoms with van der Waals surface area (Å²) in [7, 11) is 0. The van der Waals surface area contributed by atoms with Crippen LogP contribution in [-0.4, -0.2) is 27.1 Å². The van der Waals surface area contributed by atoms with E-state index in [9.17, 15) is 0 Å². The summed E-state index contributed by atoms with van der Waals surface area (Å²) in [4.78, 5) is 0. The number of halogens is 2. The second-order valence-corrected chi connectivity index (χ2v) is 6.93. The van der Waals surface area contributed by atoms with Gasteiger partial charge in [0.1, 0.15) is 5.75 Å². The van der Waals surface area contributed by atoms with Gasteiger partial charge in [0.2, 0.25) is 5.95 Å². The molecule has 0 saturated heterocycles. The molecule has 0 fully saturated rings. The topological polar surface area (TPSA) is 66.0 Å². The standard InChI is InChI=1S/C13H16BrClN4OS/c1-8(2)19-12(16)17-18-13(19)21-6-5-20-11-4-3-9(15)7-10(11)14/h3-4,7-8H,5-6H2,1-2H3,(H2,16,17). The van der Waals surface area contributed by atoms with Crippen molar-refractivity contribution in [2.75, 3.05) is 18.1 Å². The Bertz CT molecular complexity index is 620. The molecule has 0 saturated carbocycles. The zero-order valence-corrected chi connectivity index (χ0v) is 14.9. The minimum absolute atomic E-state index is 0.230. The lowest BCUT2D eigenvalue weighted by molar-refractivity contribution is 0.341. The summed E-state index contributed by atoms with van der Waals surface area (Å²) in [6, 6.07) is 5.67. The lowest BCUT2D eigenvalue weighted by Gasteiger charge is -2.11. The van der Waals surface area contributed by atoms with Crippen LogP contribution in [0.2, 0.25) is 5.02 Å². The Balaban J connectivity index is 1.88. The first-order valence-corrected chi connectivity index (χ1v) is 8.55. The van der Waals surface area contributed by atoms with Gasteiger partial charge in [-0.05, 0) is 48.0 Å². The molecule has 0 radical (unpaired) electrons. The molecular formula is C13H16BrClN4OS. The largest absolute Gasteiger partial charge is 0.492 e. The molecule has 1 heterocycles. The highest BCUT2D eigenvalue weighted by molar-refractivity contribution is 9.10. The molecule has 2 aromatic rings. The van der Waals surface area contributed by atoms with Gasteiger partial charge in [0.05, 0.1) is 11.1 Å². The van der Waals surface area contributed by atoms with E-state index in [1.54, 1.807) is 23.9 Å². The number of hydrogen-bond acceptors (Lipinski definition) is 5. The minimum atomic E-state index is 0.230. The quantitative estimate of drug-likeness (QED) is 0.595. The summed E-state index contributed by atoms with van der Waals surface area (Å²) in [6.07, 6.45) is 0. The molecule has 114 valence electrons. The first kappa shape index (κ1) is 16.5. The van der Waals surface area contributed by atoms with E-state index in [1.165, 1.54) is 0 Å². The number of nitrogens with two attached hydrogens (primary N) is 1. The Morgan fingerprint density at radius 1 is 1.43 bits per heavy atom. The average molecular weight is 392 g/mol. The van der Waals surface area contributed by atoms with E-state index >= 15 is 0 Å². The normalized spacial score (nSPS) is 11.1. The van der Waals surface area contributed by atoms with Gasteiger partial charge in [0, 0.05) is 16.8 Å². The fourth-order valence-electron chi connectivity index (χ4n) is 1.75. The van der Waals surface area contributed by atoms with E-state index in [1.807, 2.05) is 24.5 Å². The number of aromatic nitrogens is 3. The van der Waals surface area contributed by atoms with Crippen LogP contribution < -0.4 is 10.5 Å². The number of hydrogen-bond donors (Lipinski definition) is 1. The van der Waals surface area contributed by atoms with Crippen molar-refractivity contribution in [2.45, 2.75) is 25.0 Å². The van der Waals surface area contributed by atoms with Gasteiger partial charge in [-0.3, -0.25) is 4.57 Å². The van der Waals surface area contributed by atoms with E-state index in [0.29, 0.717) is 17.6 Å². The molecule has 5 nitrogen and oxygen atoms in total. The minimum Gasteiger partial charge on any atom is -0.492 e. The number of thioether (sulfide) groups is 1. The fraction of sp³-hybridized carbons (Fsp3) is 0.385. The third-order valence-electron chi connectivity index (χ3n) is 2.67. The van der Waals surface area contributed by atoms with Crippen molar-refractivity contribution in [1.82, 2.24) is 14.8 Å². The van der Waals surface area contributed by atoms with Crippen LogP contribution in [0.1, 0.15) is 19.9 Å². The molecule has 0 aliphatic rings. The van der Waals surface area contributed by atoms with Crippen molar-refractivity contribution in [3.05, 3.63) is 27.7 Å². The summed E-state index contributed by atoms with van der Waals surface area (Å²) < 4.78 is 8.45. The summed E-state index contributed by atoms with van der Waals surface area (Å²) >= 11 is 10.9. The zero-order valence-electron chi connectivity index (χ0n) is 11.7. The van der Waals surface area contributed by atoms with Crippen LogP contribution in [0.3, 0.4) is 0 Å². The van der Waals surface area contributed by atoms with Gasteiger partial charge < -0.3 is 10.5 Å². The number of anilines is 1. The summed E-state index contributed by atoms with van der Waals surface area (Å²) in [5, 5.41) is 9.46. The number of rotatable bonds is 6. The molecule has 0 aliphatic carbocycles. The molecule has 1 aromatic heterocycles. The Kier molecular flexibility index (Phi) is 5.78. The van der Waals surface area contributed by atoms with Gasteiger partial charge in [-0.1, -0.05) is 23.4 Å². The highest BCUT2D eigenvalue weighted by Gasteiger charge is 2.12. The Morgan fingerprint density at radius 3 is 2.86 bits per heavy atom. The maximum atomic E-state index is 5.89. The first-order valence-electron chi connectivity index (χ1n) is 6.40. The molecule has 0 aliphatic heterocycles. The second kappa shape index (κ2) is 7.38. The van der Waals surface area contributed by atoms with Crippen LogP contribution in [0.5, 0.6) is 5.75 Å². The van der Waals surface area contributed by atoms with Gasteiger partial charge in [-0.2, -0.15) is 0 Å². The molecular weight excluding hydrogens is 376 g/mol. The van der Waals surface area contributed by atoms with Gasteiger partial charge in [0.25, 0.3) is 0 Å². The van der Waals surface area contributed by atoms with Gasteiger partial charge in [-0.15, -0.1) is 10.2 Å². The number of benzene rings is 1. The maximum absolute atomic E-state index is 5.89. The molecule has 0 atom stereocenters. The average Bonchev–Trinajstić information content (AvgIpc) is 2.78. The molecule has 0 amide bonds. The fourth-order valence-corrected chi connectivity index (χ4v) is 3.44. The third kappa shape index (κ3) is 4.28. The molecule has 0 unspecified atom stereocenters. The Hall–Kier alpha value is -0.920. The van der Waals surface area contributed by atoms with E-state index < -0.39 is 0 Å². The lowest BCUT2D eigenvalue weighted by Crippen LogP contribution is -2.08. The smallest absolute Gasteiger partial charge is 0.222 e. The van der Waals surface area contributed by atoms with Crippen LogP contribution in [0.25, 0.3) is 0 Å². The van der Waals surface area contributed by atoms with Crippen LogP contribution in [0, 0.1) is 0 Å². The molecule has 0 bridgehead atoms. The molecule has 2 N–H and O–H groups in total. The lowest BCUT2D eigenvalue weighted by atomic mass is 10.3. The first-order chi connectivity index (χ1) is 9.99. The summed E-state index contributed by atoms with van der Waals surface area (Å²) in [5.74, 6) is 1.96. The Labute approximate surface area is 141 Å². The highest BCUT2D eigenvalue weighted by atomic mass is 79.9. The van der Waals surface area contributed by atoms with Gasteiger partial charge in [-0.25, -0.2) is 0 Å². The molecule has 1 aromatic carbocycles.